The lowest BCUT2D eigenvalue weighted by Crippen LogP contribution is -2.44. The molecule has 1 aliphatic carbocycles. The van der Waals surface area contributed by atoms with Crippen LogP contribution in [0.1, 0.15) is 40.0 Å². The number of nitrogens with zero attached hydrogens (tertiary/aromatic N) is 1. The first-order chi connectivity index (χ1) is 12.5. The topological polar surface area (TPSA) is 85.3 Å². The number of likely N-dealkylation sites (N-methyl/N-ethyl adjacent to an activating group) is 1. The quantitative estimate of drug-likeness (QED) is 0.771. The van der Waals surface area contributed by atoms with Gasteiger partial charge in [-0.1, -0.05) is 6.42 Å². The van der Waals surface area contributed by atoms with Crippen LogP contribution < -0.4 is 4.74 Å². The minimum Gasteiger partial charge on any atom is -0.493 e. The van der Waals surface area contributed by atoms with Gasteiger partial charge in [-0.15, -0.1) is 0 Å². The summed E-state index contributed by atoms with van der Waals surface area (Å²) in [6.45, 7) is 1.06. The monoisotopic (exact) mass is 363 g/mol. The molecule has 1 aromatic carbocycles. The van der Waals surface area contributed by atoms with Crippen molar-refractivity contribution in [2.45, 2.75) is 31.4 Å². The van der Waals surface area contributed by atoms with Crippen molar-refractivity contribution in [2.24, 2.45) is 5.92 Å². The second-order valence-electron chi connectivity index (χ2n) is 6.93. The molecule has 0 bridgehead atoms. The van der Waals surface area contributed by atoms with Crippen molar-refractivity contribution in [1.82, 2.24) is 4.90 Å². The molecule has 1 saturated carbocycles. The van der Waals surface area contributed by atoms with E-state index in [9.17, 15) is 14.7 Å². The maximum absolute atomic E-state index is 12.8. The van der Waals surface area contributed by atoms with Crippen LogP contribution in [0.3, 0.4) is 0 Å². The predicted molar refractivity (Wildman–Crippen MR) is 93.3 cm³/mol. The summed E-state index contributed by atoms with van der Waals surface area (Å²) in [7, 11) is 2.91. The average Bonchev–Trinajstić information content (AvgIpc) is 3.04. The Bertz CT molecular complexity index is 672. The molecule has 2 fully saturated rings. The van der Waals surface area contributed by atoms with Gasteiger partial charge in [0.15, 0.2) is 0 Å². The van der Waals surface area contributed by atoms with Gasteiger partial charge in [0.05, 0.1) is 44.6 Å². The van der Waals surface area contributed by atoms with Crippen LogP contribution in [0.5, 0.6) is 5.75 Å². The van der Waals surface area contributed by atoms with E-state index in [2.05, 4.69) is 0 Å². The maximum atomic E-state index is 12.8. The van der Waals surface area contributed by atoms with Gasteiger partial charge in [-0.05, 0) is 37.0 Å². The molecule has 2 atom stereocenters. The number of hydrogen-bond acceptors (Lipinski definition) is 6. The molecule has 1 N–H and O–H groups in total. The summed E-state index contributed by atoms with van der Waals surface area (Å²) >= 11 is 0. The molecule has 142 valence electrons. The molecular formula is C19H25NO6. The summed E-state index contributed by atoms with van der Waals surface area (Å²) in [5, 5.41) is 9.95. The van der Waals surface area contributed by atoms with E-state index >= 15 is 0 Å². The minimum absolute atomic E-state index is 0.209. The highest BCUT2D eigenvalue weighted by Gasteiger charge is 2.33. The summed E-state index contributed by atoms with van der Waals surface area (Å²) in [5.41, 5.74) is 0.580. The van der Waals surface area contributed by atoms with Gasteiger partial charge in [-0.25, -0.2) is 4.79 Å². The first kappa shape index (κ1) is 18.7. The molecule has 1 aromatic rings. The summed E-state index contributed by atoms with van der Waals surface area (Å²) in [6, 6.07) is 4.30. The molecule has 7 heteroatoms. The number of methoxy groups -OCH3 is 1. The van der Waals surface area contributed by atoms with Crippen LogP contribution in [-0.4, -0.2) is 68.0 Å². The summed E-state index contributed by atoms with van der Waals surface area (Å²) in [4.78, 5) is 26.3. The molecule has 0 radical (unpaired) electrons. The molecule has 0 spiro atoms. The summed E-state index contributed by atoms with van der Waals surface area (Å²) in [5.74, 6) is 0.169. The molecule has 3 rings (SSSR count). The molecule has 2 aliphatic rings. The van der Waals surface area contributed by atoms with Crippen LogP contribution in [0.25, 0.3) is 0 Å². The van der Waals surface area contributed by atoms with Gasteiger partial charge >= 0.3 is 5.97 Å². The summed E-state index contributed by atoms with van der Waals surface area (Å²) < 4.78 is 15.8. The number of esters is 1. The molecule has 1 amide bonds. The van der Waals surface area contributed by atoms with Crippen molar-refractivity contribution < 1.29 is 28.9 Å². The number of hydrogen-bond donors (Lipinski definition) is 1. The SMILES string of the molecule is COC(=O)c1cc(OCC2CCC2)cc(C(=O)N(C)[C@@H]2COC[C@H]2O)c1. The molecule has 1 heterocycles. The Balaban J connectivity index is 1.81. The fourth-order valence-corrected chi connectivity index (χ4v) is 3.17. The highest BCUT2D eigenvalue weighted by molar-refractivity contribution is 5.98. The zero-order valence-electron chi connectivity index (χ0n) is 15.1. The van der Waals surface area contributed by atoms with Crippen molar-refractivity contribution in [1.29, 1.82) is 0 Å². The van der Waals surface area contributed by atoms with E-state index in [1.165, 1.54) is 24.5 Å². The Morgan fingerprint density at radius 3 is 2.54 bits per heavy atom. The smallest absolute Gasteiger partial charge is 0.338 e. The Hall–Kier alpha value is -2.12. The number of amides is 1. The third kappa shape index (κ3) is 3.99. The van der Waals surface area contributed by atoms with Crippen molar-refractivity contribution in [3.63, 3.8) is 0 Å². The Kier molecular flexibility index (Phi) is 5.78. The zero-order valence-corrected chi connectivity index (χ0v) is 15.1. The number of carbonyl (C=O) groups is 2. The van der Waals surface area contributed by atoms with Crippen molar-refractivity contribution in [3.05, 3.63) is 29.3 Å². The molecular weight excluding hydrogens is 338 g/mol. The average molecular weight is 363 g/mol. The third-order valence-electron chi connectivity index (χ3n) is 5.12. The van der Waals surface area contributed by atoms with E-state index in [-0.39, 0.29) is 24.7 Å². The van der Waals surface area contributed by atoms with Crippen LogP contribution in [0.15, 0.2) is 18.2 Å². The number of ether oxygens (including phenoxy) is 3. The van der Waals surface area contributed by atoms with Crippen molar-refractivity contribution in [2.75, 3.05) is 34.0 Å². The van der Waals surface area contributed by atoms with E-state index in [0.29, 0.717) is 23.8 Å². The van der Waals surface area contributed by atoms with E-state index in [0.717, 1.165) is 12.8 Å². The van der Waals surface area contributed by atoms with Crippen LogP contribution in [0.4, 0.5) is 0 Å². The van der Waals surface area contributed by atoms with Crippen molar-refractivity contribution >= 4 is 11.9 Å². The molecule has 26 heavy (non-hydrogen) atoms. The van der Waals surface area contributed by atoms with E-state index in [1.807, 2.05) is 0 Å². The van der Waals surface area contributed by atoms with Gasteiger partial charge in [0.1, 0.15) is 5.75 Å². The Morgan fingerprint density at radius 2 is 1.96 bits per heavy atom. The maximum Gasteiger partial charge on any atom is 0.338 e. The minimum atomic E-state index is -0.720. The highest BCUT2D eigenvalue weighted by Crippen LogP contribution is 2.28. The fourth-order valence-electron chi connectivity index (χ4n) is 3.17. The summed E-state index contributed by atoms with van der Waals surface area (Å²) in [6.07, 6.45) is 2.79. The lowest BCUT2D eigenvalue weighted by molar-refractivity contribution is 0.0579. The molecule has 0 unspecified atom stereocenters. The first-order valence-corrected chi connectivity index (χ1v) is 8.88. The largest absolute Gasteiger partial charge is 0.493 e. The molecule has 1 saturated heterocycles. The van der Waals surface area contributed by atoms with Crippen molar-refractivity contribution in [3.8, 4) is 5.75 Å². The Morgan fingerprint density at radius 1 is 1.23 bits per heavy atom. The van der Waals surface area contributed by atoms with Gasteiger partial charge < -0.3 is 24.2 Å². The second-order valence-corrected chi connectivity index (χ2v) is 6.93. The normalized spacial score (nSPS) is 22.6. The number of benzene rings is 1. The zero-order chi connectivity index (χ0) is 18.7. The van der Waals surface area contributed by atoms with Crippen LogP contribution in [-0.2, 0) is 9.47 Å². The number of aliphatic hydroxyl groups excluding tert-OH is 1. The second kappa shape index (κ2) is 8.05. The van der Waals surface area contributed by atoms with Crippen LogP contribution >= 0.6 is 0 Å². The van der Waals surface area contributed by atoms with E-state index in [4.69, 9.17) is 14.2 Å². The molecule has 7 nitrogen and oxygen atoms in total. The Labute approximate surface area is 152 Å². The first-order valence-electron chi connectivity index (χ1n) is 8.88. The molecule has 1 aliphatic heterocycles. The number of aliphatic hydroxyl groups is 1. The molecule has 0 aromatic heterocycles. The predicted octanol–water partition coefficient (Wildman–Crippen LogP) is 1.48. The standard InChI is InChI=1S/C19H25NO6/c1-20(16-10-25-11-17(16)21)18(22)13-6-14(19(23)24-2)8-15(7-13)26-9-12-4-3-5-12/h6-8,12,16-17,21H,3-5,9-11H2,1-2H3/t16-,17-/m1/s1. The van der Waals surface area contributed by atoms with Gasteiger partial charge in [-0.2, -0.15) is 0 Å². The van der Waals surface area contributed by atoms with E-state index in [1.54, 1.807) is 19.2 Å². The van der Waals surface area contributed by atoms with Gasteiger partial charge in [0.25, 0.3) is 5.91 Å². The van der Waals surface area contributed by atoms with E-state index < -0.39 is 18.1 Å². The van der Waals surface area contributed by atoms with Crippen LogP contribution in [0, 0.1) is 5.92 Å². The van der Waals surface area contributed by atoms with Gasteiger partial charge in [0.2, 0.25) is 0 Å². The van der Waals surface area contributed by atoms with Crippen LogP contribution in [0.2, 0.25) is 0 Å². The lowest BCUT2D eigenvalue weighted by atomic mass is 9.86. The highest BCUT2D eigenvalue weighted by atomic mass is 16.5. The van der Waals surface area contributed by atoms with Gasteiger partial charge in [-0.3, -0.25) is 4.79 Å². The number of rotatable bonds is 6. The third-order valence-corrected chi connectivity index (χ3v) is 5.12. The fraction of sp³-hybridized carbons (Fsp3) is 0.579. The van der Waals surface area contributed by atoms with Gasteiger partial charge in [0, 0.05) is 12.6 Å². The lowest BCUT2D eigenvalue weighted by Gasteiger charge is -2.27. The number of carbonyl (C=O) groups excluding carboxylic acids is 2.